The fourth-order valence-electron chi connectivity index (χ4n) is 1.85. The fourth-order valence-corrected chi connectivity index (χ4v) is 2.07. The number of rotatable bonds is 7. The van der Waals surface area contributed by atoms with Crippen molar-refractivity contribution in [3.8, 4) is 5.75 Å². The highest BCUT2D eigenvalue weighted by Gasteiger charge is 2.00. The van der Waals surface area contributed by atoms with E-state index in [1.165, 1.54) is 0 Å². The van der Waals surface area contributed by atoms with Gasteiger partial charge in [-0.25, -0.2) is 4.98 Å². The summed E-state index contributed by atoms with van der Waals surface area (Å²) in [6, 6.07) is 13.6. The van der Waals surface area contributed by atoms with Crippen LogP contribution in [0.15, 0.2) is 48.7 Å². The number of thiocarbonyl (C=S) groups is 1. The van der Waals surface area contributed by atoms with Crippen LogP contribution in [0, 0.1) is 0 Å². The maximum absolute atomic E-state index is 5.40. The van der Waals surface area contributed by atoms with Gasteiger partial charge in [-0.15, -0.1) is 0 Å². The van der Waals surface area contributed by atoms with Gasteiger partial charge in [-0.05, 0) is 49.5 Å². The molecule has 116 valence electrons. The molecule has 0 amide bonds. The molecular formula is C16H21N4OS+. The van der Waals surface area contributed by atoms with E-state index < -0.39 is 0 Å². The molecule has 2 rings (SSSR count). The first-order chi connectivity index (χ1) is 10.8. The second kappa shape index (κ2) is 8.84. The molecule has 0 aliphatic rings. The zero-order valence-electron chi connectivity index (χ0n) is 12.6. The molecule has 6 heteroatoms. The molecule has 1 aromatic carbocycles. The van der Waals surface area contributed by atoms with E-state index in [0.29, 0.717) is 11.7 Å². The molecule has 1 aromatic heterocycles. The maximum Gasteiger partial charge on any atom is 0.272 e. The van der Waals surface area contributed by atoms with Gasteiger partial charge < -0.3 is 15.4 Å². The fraction of sp³-hybridized carbons (Fsp3) is 0.250. The van der Waals surface area contributed by atoms with Crippen LogP contribution in [0.2, 0.25) is 0 Å². The number of hydrogen-bond acceptors (Lipinski definition) is 3. The van der Waals surface area contributed by atoms with Crippen LogP contribution in [-0.4, -0.2) is 24.8 Å². The lowest BCUT2D eigenvalue weighted by molar-refractivity contribution is -0.361. The Morgan fingerprint density at radius 3 is 2.64 bits per heavy atom. The van der Waals surface area contributed by atoms with E-state index in [0.717, 1.165) is 30.3 Å². The van der Waals surface area contributed by atoms with E-state index in [1.54, 1.807) is 0 Å². The van der Waals surface area contributed by atoms with Crippen LogP contribution in [0.3, 0.4) is 0 Å². The van der Waals surface area contributed by atoms with Crippen molar-refractivity contribution in [1.82, 2.24) is 5.32 Å². The van der Waals surface area contributed by atoms with Crippen molar-refractivity contribution in [2.45, 2.75) is 6.92 Å². The van der Waals surface area contributed by atoms with Gasteiger partial charge in [0.1, 0.15) is 12.3 Å². The molecule has 0 aliphatic carbocycles. The number of hydrogen-bond donors (Lipinski definition) is 3. The van der Waals surface area contributed by atoms with Gasteiger partial charge in [0.15, 0.2) is 5.11 Å². The molecule has 2 aromatic rings. The summed E-state index contributed by atoms with van der Waals surface area (Å²) in [5, 5.41) is 10.2. The smallest absolute Gasteiger partial charge is 0.272 e. The molecule has 0 fully saturated rings. The van der Waals surface area contributed by atoms with Crippen molar-refractivity contribution in [3.63, 3.8) is 0 Å². The Labute approximate surface area is 136 Å². The van der Waals surface area contributed by atoms with Crippen molar-refractivity contribution >= 4 is 28.8 Å². The van der Waals surface area contributed by atoms with Crippen LogP contribution >= 0.6 is 12.2 Å². The zero-order valence-corrected chi connectivity index (χ0v) is 13.4. The third-order valence-electron chi connectivity index (χ3n) is 2.86. The van der Waals surface area contributed by atoms with Crippen molar-refractivity contribution in [1.29, 1.82) is 0 Å². The zero-order chi connectivity index (χ0) is 15.6. The summed E-state index contributed by atoms with van der Waals surface area (Å²) in [5.74, 6) is 1.84. The van der Waals surface area contributed by atoms with Crippen molar-refractivity contribution in [2.24, 2.45) is 0 Å². The molecule has 0 radical (unpaired) electrons. The molecule has 5 nitrogen and oxygen atoms in total. The predicted octanol–water partition coefficient (Wildman–Crippen LogP) is 2.30. The van der Waals surface area contributed by atoms with Gasteiger partial charge in [-0.1, -0.05) is 6.07 Å². The van der Waals surface area contributed by atoms with Crippen LogP contribution in [0.5, 0.6) is 5.75 Å². The Hall–Kier alpha value is -2.34. The molecule has 22 heavy (non-hydrogen) atoms. The number of aromatic amines is 1. The van der Waals surface area contributed by atoms with E-state index in [1.807, 2.05) is 55.6 Å². The normalized spacial score (nSPS) is 9.86. The highest BCUT2D eigenvalue weighted by Crippen LogP contribution is 2.15. The Morgan fingerprint density at radius 1 is 1.14 bits per heavy atom. The average Bonchev–Trinajstić information content (AvgIpc) is 2.55. The SMILES string of the molecule is CCOc1ccc(NC(=S)NCCNc2cccc[nH+]2)cc1. The minimum Gasteiger partial charge on any atom is -0.494 e. The van der Waals surface area contributed by atoms with E-state index in [2.05, 4.69) is 20.9 Å². The van der Waals surface area contributed by atoms with E-state index in [4.69, 9.17) is 17.0 Å². The molecule has 0 spiro atoms. The molecular weight excluding hydrogens is 296 g/mol. The highest BCUT2D eigenvalue weighted by atomic mass is 32.1. The Bertz CT molecular complexity index is 574. The number of ether oxygens (including phenoxy) is 1. The summed E-state index contributed by atoms with van der Waals surface area (Å²) in [6.45, 7) is 4.13. The average molecular weight is 317 g/mol. The summed E-state index contributed by atoms with van der Waals surface area (Å²) in [6.07, 6.45) is 1.88. The topological polar surface area (TPSA) is 59.5 Å². The Balaban J connectivity index is 1.67. The number of benzene rings is 1. The van der Waals surface area contributed by atoms with Gasteiger partial charge in [-0.2, -0.15) is 0 Å². The third-order valence-corrected chi connectivity index (χ3v) is 3.10. The molecule has 0 bridgehead atoms. The van der Waals surface area contributed by atoms with E-state index >= 15 is 0 Å². The van der Waals surface area contributed by atoms with Crippen LogP contribution in [0.4, 0.5) is 11.5 Å². The molecule has 0 aliphatic heterocycles. The quantitative estimate of drug-likeness (QED) is 0.540. The number of nitrogens with one attached hydrogen (secondary N) is 4. The van der Waals surface area contributed by atoms with Gasteiger partial charge in [0.2, 0.25) is 0 Å². The summed E-state index contributed by atoms with van der Waals surface area (Å²) in [7, 11) is 0. The lowest BCUT2D eigenvalue weighted by Crippen LogP contribution is -2.33. The monoisotopic (exact) mass is 317 g/mol. The lowest BCUT2D eigenvalue weighted by Gasteiger charge is -2.10. The van der Waals surface area contributed by atoms with E-state index in [9.17, 15) is 0 Å². The van der Waals surface area contributed by atoms with Gasteiger partial charge in [0, 0.05) is 11.8 Å². The standard InChI is InChI=1S/C16H20N4OS/c1-2-21-14-8-6-13(7-9-14)20-16(22)19-12-11-18-15-5-3-4-10-17-15/h3-10H,2,11-12H2,1H3,(H,17,18)(H2,19,20,22)/p+1. The second-order valence-corrected chi connectivity index (χ2v) is 4.95. The summed E-state index contributed by atoms with van der Waals surface area (Å²) < 4.78 is 5.40. The molecule has 0 saturated heterocycles. The first-order valence-corrected chi connectivity index (χ1v) is 7.67. The minimum atomic E-state index is 0.600. The highest BCUT2D eigenvalue weighted by molar-refractivity contribution is 7.80. The lowest BCUT2D eigenvalue weighted by atomic mass is 10.3. The first kappa shape index (κ1) is 16.0. The van der Waals surface area contributed by atoms with Crippen molar-refractivity contribution < 1.29 is 9.72 Å². The Kier molecular flexibility index (Phi) is 6.44. The maximum atomic E-state index is 5.40. The van der Waals surface area contributed by atoms with Gasteiger partial charge in [0.25, 0.3) is 5.82 Å². The Morgan fingerprint density at radius 2 is 1.95 bits per heavy atom. The number of pyridine rings is 1. The molecule has 0 atom stereocenters. The van der Waals surface area contributed by atoms with Crippen molar-refractivity contribution in [2.75, 3.05) is 30.3 Å². The van der Waals surface area contributed by atoms with Crippen LogP contribution < -0.4 is 25.7 Å². The second-order valence-electron chi connectivity index (χ2n) is 4.54. The summed E-state index contributed by atoms with van der Waals surface area (Å²) in [5.41, 5.74) is 0.935. The first-order valence-electron chi connectivity index (χ1n) is 7.26. The predicted molar refractivity (Wildman–Crippen MR) is 93.3 cm³/mol. The summed E-state index contributed by atoms with van der Waals surface area (Å²) >= 11 is 5.26. The molecule has 0 unspecified atom stereocenters. The van der Waals surface area contributed by atoms with Crippen LogP contribution in [-0.2, 0) is 0 Å². The van der Waals surface area contributed by atoms with Gasteiger partial charge in [-0.3, -0.25) is 5.32 Å². The van der Waals surface area contributed by atoms with E-state index in [-0.39, 0.29) is 0 Å². The van der Waals surface area contributed by atoms with Crippen LogP contribution in [0.1, 0.15) is 6.92 Å². The van der Waals surface area contributed by atoms with Gasteiger partial charge in [0.05, 0.1) is 19.3 Å². The minimum absolute atomic E-state index is 0.600. The number of H-pyrrole nitrogens is 1. The third kappa shape index (κ3) is 5.57. The summed E-state index contributed by atoms with van der Waals surface area (Å²) in [4.78, 5) is 3.11. The number of anilines is 2. The van der Waals surface area contributed by atoms with Gasteiger partial charge >= 0.3 is 0 Å². The largest absolute Gasteiger partial charge is 0.494 e. The molecule has 4 N–H and O–H groups in total. The molecule has 0 saturated carbocycles. The number of aromatic nitrogens is 1. The molecule has 1 heterocycles. The van der Waals surface area contributed by atoms with Crippen LogP contribution in [0.25, 0.3) is 0 Å². The van der Waals surface area contributed by atoms with Crippen molar-refractivity contribution in [3.05, 3.63) is 48.7 Å².